The van der Waals surface area contributed by atoms with E-state index in [1.165, 1.54) is 17.3 Å². The maximum atomic E-state index is 4.92. The summed E-state index contributed by atoms with van der Waals surface area (Å²) in [5.74, 6) is 0.800. The largest absolute Gasteiger partial charge is 0.297 e. The van der Waals surface area contributed by atoms with Crippen molar-refractivity contribution in [3.63, 3.8) is 0 Å². The molecule has 160 valence electrons. The fourth-order valence-electron chi connectivity index (χ4n) is 3.90. The first kappa shape index (κ1) is 19.6. The number of pyridine rings is 1. The van der Waals surface area contributed by atoms with Crippen LogP contribution in [0.25, 0.3) is 27.9 Å². The van der Waals surface area contributed by atoms with Gasteiger partial charge in [0.15, 0.2) is 16.6 Å². The van der Waals surface area contributed by atoms with Gasteiger partial charge in [-0.3, -0.25) is 9.55 Å². The van der Waals surface area contributed by atoms with E-state index in [0.29, 0.717) is 6.54 Å². The number of para-hydroxylation sites is 1. The minimum absolute atomic E-state index is 0.653. The van der Waals surface area contributed by atoms with Crippen LogP contribution in [0.1, 0.15) is 11.3 Å². The maximum Gasteiger partial charge on any atom is 0.198 e. The van der Waals surface area contributed by atoms with Gasteiger partial charge in [-0.25, -0.2) is 9.50 Å². The lowest BCUT2D eigenvalue weighted by Gasteiger charge is -2.11. The van der Waals surface area contributed by atoms with Crippen molar-refractivity contribution in [3.8, 4) is 11.4 Å². The highest BCUT2D eigenvalue weighted by molar-refractivity contribution is 7.99. The van der Waals surface area contributed by atoms with Gasteiger partial charge in [0.1, 0.15) is 5.03 Å². The van der Waals surface area contributed by atoms with Crippen molar-refractivity contribution in [3.05, 3.63) is 96.4 Å². The van der Waals surface area contributed by atoms with Crippen molar-refractivity contribution in [2.24, 2.45) is 0 Å². The second-order valence-electron chi connectivity index (χ2n) is 7.71. The van der Waals surface area contributed by atoms with Gasteiger partial charge in [0.25, 0.3) is 0 Å². The van der Waals surface area contributed by atoms with Gasteiger partial charge in [-0.15, -0.1) is 10.2 Å². The highest BCUT2D eigenvalue weighted by Crippen LogP contribution is 2.34. The molecular formula is C25H19N7S. The molecule has 4 heterocycles. The minimum Gasteiger partial charge on any atom is -0.297 e. The molecule has 8 heteroatoms. The Morgan fingerprint density at radius 2 is 1.67 bits per heavy atom. The Morgan fingerprint density at radius 3 is 2.52 bits per heavy atom. The van der Waals surface area contributed by atoms with Crippen LogP contribution in [-0.4, -0.2) is 34.3 Å². The number of nitrogens with zero attached hydrogens (tertiary/aromatic N) is 7. The van der Waals surface area contributed by atoms with Gasteiger partial charge >= 0.3 is 0 Å². The molecule has 0 saturated carbocycles. The highest BCUT2D eigenvalue weighted by Gasteiger charge is 2.18. The van der Waals surface area contributed by atoms with Gasteiger partial charge in [-0.1, -0.05) is 48.5 Å². The summed E-state index contributed by atoms with van der Waals surface area (Å²) >= 11 is 1.52. The predicted octanol–water partition coefficient (Wildman–Crippen LogP) is 5.04. The van der Waals surface area contributed by atoms with Crippen molar-refractivity contribution < 1.29 is 0 Å². The summed E-state index contributed by atoms with van der Waals surface area (Å²) in [6, 6.07) is 24.4. The molecule has 0 amide bonds. The maximum absolute atomic E-state index is 4.92. The summed E-state index contributed by atoms with van der Waals surface area (Å²) in [7, 11) is 0. The first-order chi connectivity index (χ1) is 16.3. The average molecular weight is 450 g/mol. The number of fused-ring (bicyclic) bond motifs is 3. The summed E-state index contributed by atoms with van der Waals surface area (Å²) in [5.41, 5.74) is 4.91. The first-order valence-electron chi connectivity index (χ1n) is 10.6. The van der Waals surface area contributed by atoms with Crippen LogP contribution in [0.3, 0.4) is 0 Å². The molecule has 6 aromatic rings. The van der Waals surface area contributed by atoms with Crippen LogP contribution in [0.4, 0.5) is 0 Å². The van der Waals surface area contributed by atoms with E-state index in [2.05, 4.69) is 49.1 Å². The Balaban J connectivity index is 1.50. The molecule has 33 heavy (non-hydrogen) atoms. The van der Waals surface area contributed by atoms with Crippen molar-refractivity contribution in [1.29, 1.82) is 0 Å². The zero-order valence-corrected chi connectivity index (χ0v) is 18.6. The van der Waals surface area contributed by atoms with E-state index in [-0.39, 0.29) is 0 Å². The molecule has 0 fully saturated rings. The minimum atomic E-state index is 0.653. The van der Waals surface area contributed by atoms with Gasteiger partial charge in [-0.05, 0) is 42.4 Å². The van der Waals surface area contributed by atoms with Crippen molar-refractivity contribution in [2.45, 2.75) is 23.7 Å². The van der Waals surface area contributed by atoms with Crippen LogP contribution in [0.15, 0.2) is 95.4 Å². The second-order valence-corrected chi connectivity index (χ2v) is 8.66. The molecule has 0 atom stereocenters. The molecule has 0 bridgehead atoms. The zero-order chi connectivity index (χ0) is 22.2. The molecule has 0 aliphatic rings. The van der Waals surface area contributed by atoms with E-state index < -0.39 is 0 Å². The third kappa shape index (κ3) is 3.64. The smallest absolute Gasteiger partial charge is 0.198 e. The molecule has 2 aromatic carbocycles. The number of rotatable bonds is 5. The summed E-state index contributed by atoms with van der Waals surface area (Å²) in [4.78, 5) is 9.07. The van der Waals surface area contributed by atoms with Crippen LogP contribution in [-0.2, 0) is 6.54 Å². The predicted molar refractivity (Wildman–Crippen MR) is 128 cm³/mol. The molecule has 0 aliphatic heterocycles. The van der Waals surface area contributed by atoms with Crippen molar-refractivity contribution in [1.82, 2.24) is 34.3 Å². The van der Waals surface area contributed by atoms with Gasteiger partial charge in [0, 0.05) is 29.4 Å². The number of hydrogen-bond donors (Lipinski definition) is 0. The van der Waals surface area contributed by atoms with Crippen LogP contribution in [0, 0.1) is 6.92 Å². The molecule has 0 unspecified atom stereocenters. The van der Waals surface area contributed by atoms with Gasteiger partial charge < -0.3 is 0 Å². The Bertz CT molecular complexity index is 1570. The number of aryl methyl sites for hydroxylation is 1. The lowest BCUT2D eigenvalue weighted by atomic mass is 10.2. The standard InChI is InChI=1S/C25H19N7S/c1-17-15-22-27-24(20-9-5-6-10-21(20)32(22)30-17)33-25-29-28-23(19-11-13-26-14-12-19)31(25)16-18-7-3-2-4-8-18/h2-15H,16H2,1H3. The molecule has 0 spiro atoms. The topological polar surface area (TPSA) is 73.8 Å². The van der Waals surface area contributed by atoms with E-state index in [1.54, 1.807) is 12.4 Å². The monoisotopic (exact) mass is 449 g/mol. The third-order valence-electron chi connectivity index (χ3n) is 5.42. The van der Waals surface area contributed by atoms with Crippen LogP contribution < -0.4 is 0 Å². The lowest BCUT2D eigenvalue weighted by Crippen LogP contribution is -2.04. The van der Waals surface area contributed by atoms with E-state index in [0.717, 1.165) is 43.8 Å². The van der Waals surface area contributed by atoms with E-state index in [9.17, 15) is 0 Å². The first-order valence-corrected chi connectivity index (χ1v) is 11.4. The Kier molecular flexibility index (Phi) is 4.84. The highest BCUT2D eigenvalue weighted by atomic mass is 32.2. The average Bonchev–Trinajstić information content (AvgIpc) is 3.43. The van der Waals surface area contributed by atoms with Gasteiger partial charge in [0.2, 0.25) is 0 Å². The molecule has 0 radical (unpaired) electrons. The van der Waals surface area contributed by atoms with Crippen LogP contribution >= 0.6 is 11.8 Å². The molecule has 7 nitrogen and oxygen atoms in total. The van der Waals surface area contributed by atoms with Gasteiger partial charge in [0.05, 0.1) is 17.8 Å². The third-order valence-corrected chi connectivity index (χ3v) is 6.41. The van der Waals surface area contributed by atoms with Crippen LogP contribution in [0.5, 0.6) is 0 Å². The van der Waals surface area contributed by atoms with E-state index >= 15 is 0 Å². The molecule has 6 rings (SSSR count). The summed E-state index contributed by atoms with van der Waals surface area (Å²) in [6.45, 7) is 2.63. The number of aromatic nitrogens is 7. The zero-order valence-electron chi connectivity index (χ0n) is 17.8. The van der Waals surface area contributed by atoms with Crippen molar-refractivity contribution in [2.75, 3.05) is 0 Å². The fourth-order valence-corrected chi connectivity index (χ4v) is 4.84. The SMILES string of the molecule is Cc1cc2nc(Sc3nnc(-c4ccncc4)n3Cc3ccccc3)c3ccccc3n2n1. The molecule has 0 N–H and O–H groups in total. The molecule has 0 saturated heterocycles. The second kappa shape index (κ2) is 8.14. The Hall–Kier alpha value is -4.04. The van der Waals surface area contributed by atoms with Crippen LogP contribution in [0.2, 0.25) is 0 Å². The summed E-state index contributed by atoms with van der Waals surface area (Å²) in [6.07, 6.45) is 3.54. The number of benzene rings is 2. The lowest BCUT2D eigenvalue weighted by molar-refractivity contribution is 0.714. The number of hydrogen-bond acceptors (Lipinski definition) is 6. The normalized spacial score (nSPS) is 11.4. The molecule has 0 aliphatic carbocycles. The molecular weight excluding hydrogens is 430 g/mol. The molecule has 4 aromatic heterocycles. The Labute approximate surface area is 194 Å². The Morgan fingerprint density at radius 1 is 0.879 bits per heavy atom. The summed E-state index contributed by atoms with van der Waals surface area (Å²) in [5, 5.41) is 16.4. The quantitative estimate of drug-likeness (QED) is 0.343. The van der Waals surface area contributed by atoms with E-state index in [1.807, 2.05) is 60.0 Å². The fraction of sp³-hybridized carbons (Fsp3) is 0.0800. The summed E-state index contributed by atoms with van der Waals surface area (Å²) < 4.78 is 4.03. The van der Waals surface area contributed by atoms with Gasteiger partial charge in [-0.2, -0.15) is 5.10 Å². The van der Waals surface area contributed by atoms with E-state index in [4.69, 9.17) is 4.98 Å². The van der Waals surface area contributed by atoms with Crippen molar-refractivity contribution >= 4 is 28.3 Å².